The summed E-state index contributed by atoms with van der Waals surface area (Å²) >= 11 is 0. The number of aromatic amines is 1. The van der Waals surface area contributed by atoms with Crippen LogP contribution < -0.4 is 20.1 Å². The van der Waals surface area contributed by atoms with Crippen molar-refractivity contribution >= 4 is 34.0 Å². The lowest BCUT2D eigenvalue weighted by atomic mass is 10.0. The Labute approximate surface area is 204 Å². The van der Waals surface area contributed by atoms with Crippen molar-refractivity contribution in [1.29, 1.82) is 0 Å². The van der Waals surface area contributed by atoms with Crippen LogP contribution in [0.5, 0.6) is 11.5 Å². The second kappa shape index (κ2) is 10.8. The van der Waals surface area contributed by atoms with E-state index in [4.69, 9.17) is 9.47 Å². The summed E-state index contributed by atoms with van der Waals surface area (Å²) in [7, 11) is 0. The van der Waals surface area contributed by atoms with Crippen LogP contribution in [-0.2, 0) is 0 Å². The summed E-state index contributed by atoms with van der Waals surface area (Å²) in [5.41, 5.74) is 3.16. The Kier molecular flexibility index (Phi) is 7.35. The van der Waals surface area contributed by atoms with Gasteiger partial charge in [-0.2, -0.15) is 0 Å². The molecule has 1 atom stereocenters. The Hall–Kier alpha value is -4.26. The van der Waals surface area contributed by atoms with Crippen molar-refractivity contribution in [3.63, 3.8) is 0 Å². The molecule has 3 aromatic carbocycles. The van der Waals surface area contributed by atoms with Gasteiger partial charge in [-0.05, 0) is 39.0 Å². The molecule has 3 N–H and O–H groups in total. The highest BCUT2D eigenvalue weighted by atomic mass is 16.5. The molecule has 1 aromatic heterocycles. The molecule has 7 heteroatoms. The van der Waals surface area contributed by atoms with Crippen molar-refractivity contribution in [1.82, 2.24) is 4.98 Å². The second-order valence-electron chi connectivity index (χ2n) is 8.01. The summed E-state index contributed by atoms with van der Waals surface area (Å²) in [6.45, 7) is 6.38. The van der Waals surface area contributed by atoms with Gasteiger partial charge in [0.1, 0.15) is 11.5 Å². The van der Waals surface area contributed by atoms with E-state index in [-0.39, 0.29) is 11.7 Å². The number of anilines is 2. The lowest BCUT2D eigenvalue weighted by Gasteiger charge is -2.20. The largest absolute Gasteiger partial charge is 0.492 e. The minimum atomic E-state index is -0.535. The zero-order valence-corrected chi connectivity index (χ0v) is 20.1. The monoisotopic (exact) mass is 471 g/mol. The minimum absolute atomic E-state index is 0.0516. The van der Waals surface area contributed by atoms with Crippen LogP contribution in [-0.4, -0.2) is 35.9 Å². The molecular weight excluding hydrogens is 442 g/mol. The van der Waals surface area contributed by atoms with E-state index in [1.165, 1.54) is 0 Å². The van der Waals surface area contributed by atoms with Gasteiger partial charge in [0.2, 0.25) is 0 Å². The highest BCUT2D eigenvalue weighted by molar-refractivity contribution is 6.11. The molecule has 0 aliphatic heterocycles. The molecule has 180 valence electrons. The standard InChI is InChI=1S/C28H29N3O4/c1-4-34-25-16-24(31-28(33)19-11-7-6-8-12-19)26(35-5-2)15-23(25)30-18(3)27(32)21-17-29-22-14-10-9-13-20(21)22/h6-18,29-30H,4-5H2,1-3H3,(H,31,33). The van der Waals surface area contributed by atoms with E-state index in [0.29, 0.717) is 47.2 Å². The number of hydrogen-bond acceptors (Lipinski definition) is 5. The quantitative estimate of drug-likeness (QED) is 0.250. The topological polar surface area (TPSA) is 92.4 Å². The predicted molar refractivity (Wildman–Crippen MR) is 139 cm³/mol. The number of aromatic nitrogens is 1. The molecule has 1 amide bonds. The van der Waals surface area contributed by atoms with Crippen LogP contribution in [0.4, 0.5) is 11.4 Å². The van der Waals surface area contributed by atoms with E-state index < -0.39 is 6.04 Å². The Balaban J connectivity index is 1.62. The van der Waals surface area contributed by atoms with E-state index >= 15 is 0 Å². The van der Waals surface area contributed by atoms with E-state index in [1.54, 1.807) is 30.5 Å². The zero-order valence-electron chi connectivity index (χ0n) is 20.1. The van der Waals surface area contributed by atoms with Crippen LogP contribution in [0.15, 0.2) is 72.9 Å². The van der Waals surface area contributed by atoms with Crippen LogP contribution in [0.3, 0.4) is 0 Å². The highest BCUT2D eigenvalue weighted by Gasteiger charge is 2.22. The fourth-order valence-electron chi connectivity index (χ4n) is 3.91. The van der Waals surface area contributed by atoms with Gasteiger partial charge in [0, 0.05) is 40.4 Å². The molecule has 0 fully saturated rings. The molecule has 4 rings (SSSR count). The number of amides is 1. The van der Waals surface area contributed by atoms with Gasteiger partial charge in [0.05, 0.1) is 30.6 Å². The van der Waals surface area contributed by atoms with E-state index in [1.807, 2.05) is 63.2 Å². The number of ether oxygens (including phenoxy) is 2. The molecule has 0 saturated carbocycles. The van der Waals surface area contributed by atoms with Crippen LogP contribution >= 0.6 is 0 Å². The summed E-state index contributed by atoms with van der Waals surface area (Å²) in [6.07, 6.45) is 1.74. The molecule has 0 radical (unpaired) electrons. The molecule has 0 saturated heterocycles. The van der Waals surface area contributed by atoms with Crippen molar-refractivity contribution in [3.05, 3.63) is 84.1 Å². The summed E-state index contributed by atoms with van der Waals surface area (Å²) in [4.78, 5) is 29.2. The molecule has 0 aliphatic rings. The third kappa shape index (κ3) is 5.30. The number of H-pyrrole nitrogens is 1. The molecule has 7 nitrogen and oxygen atoms in total. The fourth-order valence-corrected chi connectivity index (χ4v) is 3.91. The van der Waals surface area contributed by atoms with E-state index in [0.717, 1.165) is 10.9 Å². The average molecular weight is 472 g/mol. The Morgan fingerprint density at radius 2 is 1.51 bits per heavy atom. The SMILES string of the molecule is CCOc1cc(NC(C)C(=O)c2c[nH]c3ccccc23)c(OCC)cc1NC(=O)c1ccccc1. The first-order chi connectivity index (χ1) is 17.0. The summed E-state index contributed by atoms with van der Waals surface area (Å²) in [5, 5.41) is 7.07. The van der Waals surface area contributed by atoms with Crippen molar-refractivity contribution in [2.24, 2.45) is 0 Å². The number of hydrogen-bond donors (Lipinski definition) is 3. The predicted octanol–water partition coefficient (Wildman–Crippen LogP) is 5.90. The molecular formula is C28H29N3O4. The second-order valence-corrected chi connectivity index (χ2v) is 8.01. The number of rotatable bonds is 10. The maximum Gasteiger partial charge on any atom is 0.255 e. The summed E-state index contributed by atoms with van der Waals surface area (Å²) < 4.78 is 11.7. The van der Waals surface area contributed by atoms with Gasteiger partial charge in [-0.25, -0.2) is 0 Å². The van der Waals surface area contributed by atoms with Gasteiger partial charge in [-0.3, -0.25) is 9.59 Å². The Morgan fingerprint density at radius 3 is 2.23 bits per heavy atom. The molecule has 35 heavy (non-hydrogen) atoms. The molecule has 4 aromatic rings. The number of para-hydroxylation sites is 1. The number of benzene rings is 3. The van der Waals surface area contributed by atoms with Crippen LogP contribution in [0.2, 0.25) is 0 Å². The maximum atomic E-state index is 13.3. The zero-order chi connectivity index (χ0) is 24.8. The number of fused-ring (bicyclic) bond motifs is 1. The van der Waals surface area contributed by atoms with Crippen molar-refractivity contribution in [2.45, 2.75) is 26.8 Å². The smallest absolute Gasteiger partial charge is 0.255 e. The molecule has 0 bridgehead atoms. The first kappa shape index (κ1) is 23.9. The first-order valence-electron chi connectivity index (χ1n) is 11.7. The third-order valence-electron chi connectivity index (χ3n) is 5.59. The number of Topliss-reactive ketones (excluding diaryl/α,β-unsaturated/α-hetero) is 1. The van der Waals surface area contributed by atoms with Gasteiger partial charge in [0.15, 0.2) is 5.78 Å². The molecule has 1 unspecified atom stereocenters. The minimum Gasteiger partial charge on any atom is -0.492 e. The van der Waals surface area contributed by atoms with Gasteiger partial charge in [0.25, 0.3) is 5.91 Å². The number of nitrogens with one attached hydrogen (secondary N) is 3. The van der Waals surface area contributed by atoms with Crippen LogP contribution in [0, 0.1) is 0 Å². The van der Waals surface area contributed by atoms with Crippen LogP contribution in [0.1, 0.15) is 41.5 Å². The lowest BCUT2D eigenvalue weighted by molar-refractivity contribution is 0.0976. The summed E-state index contributed by atoms with van der Waals surface area (Å²) in [6, 6.07) is 19.6. The van der Waals surface area contributed by atoms with E-state index in [9.17, 15) is 9.59 Å². The molecule has 0 aliphatic carbocycles. The van der Waals surface area contributed by atoms with Crippen molar-refractivity contribution < 1.29 is 19.1 Å². The van der Waals surface area contributed by atoms with Gasteiger partial charge >= 0.3 is 0 Å². The number of carbonyl (C=O) groups is 2. The molecule has 0 spiro atoms. The molecule has 1 heterocycles. The van der Waals surface area contributed by atoms with Crippen molar-refractivity contribution in [3.8, 4) is 11.5 Å². The normalized spacial score (nSPS) is 11.6. The van der Waals surface area contributed by atoms with Gasteiger partial charge in [-0.15, -0.1) is 0 Å². The van der Waals surface area contributed by atoms with E-state index in [2.05, 4.69) is 15.6 Å². The van der Waals surface area contributed by atoms with Gasteiger partial charge in [-0.1, -0.05) is 36.4 Å². The Morgan fingerprint density at radius 1 is 0.886 bits per heavy atom. The average Bonchev–Trinajstić information content (AvgIpc) is 3.31. The first-order valence-corrected chi connectivity index (χ1v) is 11.7. The Bertz CT molecular complexity index is 1330. The maximum absolute atomic E-state index is 13.3. The van der Waals surface area contributed by atoms with Gasteiger partial charge < -0.3 is 25.1 Å². The number of carbonyl (C=O) groups excluding carboxylic acids is 2. The lowest BCUT2D eigenvalue weighted by Crippen LogP contribution is -2.26. The fraction of sp³-hybridized carbons (Fsp3) is 0.214. The third-order valence-corrected chi connectivity index (χ3v) is 5.59. The van der Waals surface area contributed by atoms with Crippen molar-refractivity contribution in [2.75, 3.05) is 23.8 Å². The summed E-state index contributed by atoms with van der Waals surface area (Å²) in [5.74, 6) is 0.689. The number of ketones is 1. The van der Waals surface area contributed by atoms with Crippen LogP contribution in [0.25, 0.3) is 10.9 Å². The highest BCUT2D eigenvalue weighted by Crippen LogP contribution is 2.38.